The molecule has 0 aliphatic rings. The Morgan fingerprint density at radius 1 is 1.08 bits per heavy atom. The third-order valence-corrected chi connectivity index (χ3v) is 4.36. The van der Waals surface area contributed by atoms with Gasteiger partial charge in [-0.1, -0.05) is 36.4 Å². The first-order valence-corrected chi connectivity index (χ1v) is 8.25. The Labute approximate surface area is 149 Å². The lowest BCUT2D eigenvalue weighted by Gasteiger charge is -2.11. The number of aryl methyl sites for hydroxylation is 1. The van der Waals surface area contributed by atoms with E-state index in [1.807, 2.05) is 49.4 Å². The third kappa shape index (κ3) is 2.73. The number of benzene rings is 2. The lowest BCUT2D eigenvalue weighted by atomic mass is 10.0. The molecule has 128 valence electrons. The molecule has 0 aliphatic heterocycles. The van der Waals surface area contributed by atoms with Gasteiger partial charge in [0.15, 0.2) is 6.29 Å². The van der Waals surface area contributed by atoms with Gasteiger partial charge in [0, 0.05) is 11.8 Å². The molecule has 0 bridgehead atoms. The molecule has 4 aromatic rings. The van der Waals surface area contributed by atoms with Gasteiger partial charge in [0.05, 0.1) is 11.3 Å². The van der Waals surface area contributed by atoms with E-state index in [1.165, 1.54) is 6.07 Å². The van der Waals surface area contributed by atoms with E-state index in [2.05, 4.69) is 4.98 Å². The summed E-state index contributed by atoms with van der Waals surface area (Å²) in [5.41, 5.74) is 2.26. The summed E-state index contributed by atoms with van der Waals surface area (Å²) < 4.78 is 7.37. The van der Waals surface area contributed by atoms with Crippen LogP contribution in [0.1, 0.15) is 21.7 Å². The van der Waals surface area contributed by atoms with Crippen LogP contribution in [0.2, 0.25) is 0 Å². The van der Waals surface area contributed by atoms with Gasteiger partial charge < -0.3 is 4.74 Å². The zero-order chi connectivity index (χ0) is 18.1. The summed E-state index contributed by atoms with van der Waals surface area (Å²) in [7, 11) is 0. The van der Waals surface area contributed by atoms with Crippen LogP contribution in [0, 0.1) is 6.92 Å². The Balaban J connectivity index is 1.70. The van der Waals surface area contributed by atoms with Crippen LogP contribution in [0.25, 0.3) is 16.4 Å². The highest BCUT2D eigenvalue weighted by Gasteiger charge is 2.10. The number of rotatable bonds is 4. The molecule has 0 amide bonds. The van der Waals surface area contributed by atoms with Gasteiger partial charge in [0.2, 0.25) is 0 Å². The first-order valence-electron chi connectivity index (χ1n) is 8.25. The Morgan fingerprint density at radius 2 is 1.92 bits per heavy atom. The van der Waals surface area contributed by atoms with Crippen molar-refractivity contribution in [3.8, 4) is 5.75 Å². The van der Waals surface area contributed by atoms with Crippen molar-refractivity contribution in [2.24, 2.45) is 0 Å². The molecule has 0 unspecified atom stereocenters. The molecule has 2 aromatic carbocycles. The molecule has 4 rings (SSSR count). The van der Waals surface area contributed by atoms with Crippen molar-refractivity contribution in [1.82, 2.24) is 9.38 Å². The maximum absolute atomic E-state index is 12.3. The number of carbonyl (C=O) groups is 1. The van der Waals surface area contributed by atoms with Crippen LogP contribution in [-0.4, -0.2) is 15.7 Å². The lowest BCUT2D eigenvalue weighted by molar-refractivity contribution is 0.112. The molecular weight excluding hydrogens is 328 g/mol. The number of carbonyl (C=O) groups excluding carboxylic acids is 1. The van der Waals surface area contributed by atoms with Crippen molar-refractivity contribution in [2.75, 3.05) is 0 Å². The van der Waals surface area contributed by atoms with Crippen molar-refractivity contribution in [1.29, 1.82) is 0 Å². The van der Waals surface area contributed by atoms with Gasteiger partial charge in [-0.3, -0.25) is 14.0 Å². The van der Waals surface area contributed by atoms with E-state index in [1.54, 1.807) is 16.5 Å². The lowest BCUT2D eigenvalue weighted by Crippen LogP contribution is -2.18. The van der Waals surface area contributed by atoms with Crippen molar-refractivity contribution in [3.05, 3.63) is 88.0 Å². The summed E-state index contributed by atoms with van der Waals surface area (Å²) in [4.78, 5) is 28.4. The highest BCUT2D eigenvalue weighted by Crippen LogP contribution is 2.27. The second-order valence-electron chi connectivity index (χ2n) is 6.05. The molecular formula is C21H16N2O3. The number of pyridine rings is 1. The maximum Gasteiger partial charge on any atom is 0.258 e. The quantitative estimate of drug-likeness (QED) is 0.531. The fourth-order valence-corrected chi connectivity index (χ4v) is 3.11. The Bertz CT molecular complexity index is 1190. The first-order chi connectivity index (χ1) is 12.7. The van der Waals surface area contributed by atoms with E-state index in [-0.39, 0.29) is 12.2 Å². The van der Waals surface area contributed by atoms with Crippen LogP contribution < -0.4 is 10.3 Å². The number of aldehydes is 1. The summed E-state index contributed by atoms with van der Waals surface area (Å²) in [6, 6.07) is 18.3. The summed E-state index contributed by atoms with van der Waals surface area (Å²) in [5.74, 6) is 0.477. The first kappa shape index (κ1) is 16.0. The summed E-state index contributed by atoms with van der Waals surface area (Å²) >= 11 is 0. The molecule has 5 nitrogen and oxygen atoms in total. The van der Waals surface area contributed by atoms with Gasteiger partial charge in [-0.2, -0.15) is 0 Å². The second kappa shape index (κ2) is 6.44. The molecule has 0 radical (unpaired) electrons. The number of nitrogens with zero attached hydrogens (tertiary/aromatic N) is 2. The molecule has 0 N–H and O–H groups in total. The molecule has 26 heavy (non-hydrogen) atoms. The molecule has 0 aliphatic carbocycles. The van der Waals surface area contributed by atoms with E-state index in [0.29, 0.717) is 22.7 Å². The molecule has 0 fully saturated rings. The minimum absolute atomic E-state index is 0.110. The fourth-order valence-electron chi connectivity index (χ4n) is 3.11. The largest absolute Gasteiger partial charge is 0.487 e. The van der Waals surface area contributed by atoms with Crippen LogP contribution in [0.4, 0.5) is 0 Å². The minimum Gasteiger partial charge on any atom is -0.487 e. The third-order valence-electron chi connectivity index (χ3n) is 4.36. The van der Waals surface area contributed by atoms with E-state index in [9.17, 15) is 9.59 Å². The van der Waals surface area contributed by atoms with Gasteiger partial charge >= 0.3 is 0 Å². The van der Waals surface area contributed by atoms with Gasteiger partial charge in [-0.15, -0.1) is 0 Å². The normalized spacial score (nSPS) is 11.0. The van der Waals surface area contributed by atoms with E-state index >= 15 is 0 Å². The molecule has 0 saturated carbocycles. The SMILES string of the molecule is Cc1cccc2nc(COc3ccc4ccccc4c3C=O)cc(=O)n12. The zero-order valence-corrected chi connectivity index (χ0v) is 14.2. The van der Waals surface area contributed by atoms with Crippen molar-refractivity contribution < 1.29 is 9.53 Å². The van der Waals surface area contributed by atoms with Crippen LogP contribution >= 0.6 is 0 Å². The van der Waals surface area contributed by atoms with Crippen LogP contribution in [0.5, 0.6) is 5.75 Å². The number of hydrogen-bond acceptors (Lipinski definition) is 4. The van der Waals surface area contributed by atoms with Gasteiger partial charge in [0.1, 0.15) is 18.0 Å². The predicted molar refractivity (Wildman–Crippen MR) is 99.9 cm³/mol. The van der Waals surface area contributed by atoms with E-state index in [0.717, 1.165) is 22.8 Å². The maximum atomic E-state index is 12.3. The second-order valence-corrected chi connectivity index (χ2v) is 6.05. The number of ether oxygens (including phenoxy) is 1. The average Bonchev–Trinajstić information content (AvgIpc) is 2.65. The van der Waals surface area contributed by atoms with Crippen LogP contribution in [-0.2, 0) is 6.61 Å². The summed E-state index contributed by atoms with van der Waals surface area (Å²) in [6.07, 6.45) is 0.795. The van der Waals surface area contributed by atoms with Gasteiger partial charge in [-0.05, 0) is 35.9 Å². The van der Waals surface area contributed by atoms with Crippen molar-refractivity contribution in [3.63, 3.8) is 0 Å². The van der Waals surface area contributed by atoms with Crippen molar-refractivity contribution >= 4 is 22.7 Å². The summed E-state index contributed by atoms with van der Waals surface area (Å²) in [5, 5.41) is 1.81. The van der Waals surface area contributed by atoms with E-state index < -0.39 is 0 Å². The fraction of sp³-hybridized carbons (Fsp3) is 0.0952. The molecule has 2 aromatic heterocycles. The smallest absolute Gasteiger partial charge is 0.258 e. The van der Waals surface area contributed by atoms with Crippen LogP contribution in [0.15, 0.2) is 65.5 Å². The Morgan fingerprint density at radius 3 is 2.77 bits per heavy atom. The summed E-state index contributed by atoms with van der Waals surface area (Å²) in [6.45, 7) is 1.97. The van der Waals surface area contributed by atoms with E-state index in [4.69, 9.17) is 4.74 Å². The topological polar surface area (TPSA) is 60.7 Å². The number of aromatic nitrogens is 2. The monoisotopic (exact) mass is 344 g/mol. The minimum atomic E-state index is -0.152. The van der Waals surface area contributed by atoms with Crippen molar-refractivity contribution in [2.45, 2.75) is 13.5 Å². The predicted octanol–water partition coefficient (Wildman–Crippen LogP) is 3.55. The average molecular weight is 344 g/mol. The van der Waals surface area contributed by atoms with Crippen LogP contribution in [0.3, 0.4) is 0 Å². The molecule has 0 spiro atoms. The van der Waals surface area contributed by atoms with Gasteiger partial charge in [-0.25, -0.2) is 4.98 Å². The Kier molecular flexibility index (Phi) is 3.97. The molecule has 5 heteroatoms. The molecule has 0 atom stereocenters. The van der Waals surface area contributed by atoms with Gasteiger partial charge in [0.25, 0.3) is 5.56 Å². The number of fused-ring (bicyclic) bond motifs is 2. The highest BCUT2D eigenvalue weighted by molar-refractivity contribution is 6.00. The number of hydrogen-bond donors (Lipinski definition) is 0. The highest BCUT2D eigenvalue weighted by atomic mass is 16.5. The Hall–Kier alpha value is -3.47. The molecule has 2 heterocycles. The zero-order valence-electron chi connectivity index (χ0n) is 14.2. The standard InChI is InChI=1S/C21H16N2O3/c1-14-5-4-8-20-22-16(11-21(25)23(14)20)13-26-19-10-9-15-6-2-3-7-17(15)18(19)12-24/h2-12H,13H2,1H3. The molecule has 0 saturated heterocycles.